The number of carboxylic acids is 1. The maximum Gasteiger partial charge on any atom is 0.332 e. The Kier molecular flexibility index (Phi) is 4.85. The molecule has 0 aliphatic heterocycles. The lowest BCUT2D eigenvalue weighted by Gasteiger charge is -2.09. The normalized spacial score (nSPS) is 11.9. The largest absolute Gasteiger partial charge is 0.479 e. The fourth-order valence-electron chi connectivity index (χ4n) is 1.52. The van der Waals surface area contributed by atoms with E-state index in [1.165, 1.54) is 0 Å². The van der Waals surface area contributed by atoms with E-state index >= 15 is 0 Å². The van der Waals surface area contributed by atoms with Gasteiger partial charge in [0.2, 0.25) is 0 Å². The van der Waals surface area contributed by atoms with Gasteiger partial charge in [-0.1, -0.05) is 17.7 Å². The molecule has 0 aliphatic rings. The van der Waals surface area contributed by atoms with Crippen molar-refractivity contribution in [3.05, 3.63) is 34.9 Å². The number of carbonyl (C=O) groups is 2. The van der Waals surface area contributed by atoms with Crippen LogP contribution in [0.15, 0.2) is 18.2 Å². The second-order valence-corrected chi connectivity index (χ2v) is 4.22. The predicted molar refractivity (Wildman–Crippen MR) is 66.5 cm³/mol. The number of aliphatic carboxylic acids is 1. The number of hydrogen-bond donors (Lipinski definition) is 3. The van der Waals surface area contributed by atoms with Crippen molar-refractivity contribution >= 4 is 11.9 Å². The minimum absolute atomic E-state index is 0.00800. The van der Waals surface area contributed by atoms with Crippen molar-refractivity contribution in [3.8, 4) is 0 Å². The van der Waals surface area contributed by atoms with Crippen LogP contribution in [0, 0.1) is 13.8 Å². The van der Waals surface area contributed by atoms with Crippen LogP contribution in [0.1, 0.15) is 27.9 Å². The summed E-state index contributed by atoms with van der Waals surface area (Å²) >= 11 is 0. The van der Waals surface area contributed by atoms with Crippen molar-refractivity contribution in [2.75, 3.05) is 6.54 Å². The highest BCUT2D eigenvalue weighted by atomic mass is 16.4. The summed E-state index contributed by atoms with van der Waals surface area (Å²) in [5, 5.41) is 20.1. The van der Waals surface area contributed by atoms with E-state index in [9.17, 15) is 9.59 Å². The quantitative estimate of drug-likeness (QED) is 0.724. The fraction of sp³-hybridized carbons (Fsp3) is 0.385. The maximum atomic E-state index is 11.8. The molecule has 0 aromatic heterocycles. The van der Waals surface area contributed by atoms with Gasteiger partial charge in [0.15, 0.2) is 6.10 Å². The first-order valence-electron chi connectivity index (χ1n) is 5.68. The van der Waals surface area contributed by atoms with E-state index in [4.69, 9.17) is 10.2 Å². The molecule has 98 valence electrons. The number of aliphatic hydroxyl groups excluding tert-OH is 1. The number of nitrogens with one attached hydrogen (secondary N) is 1. The van der Waals surface area contributed by atoms with Gasteiger partial charge in [-0.25, -0.2) is 4.79 Å². The van der Waals surface area contributed by atoms with E-state index in [-0.39, 0.29) is 18.9 Å². The monoisotopic (exact) mass is 251 g/mol. The molecule has 5 nitrogen and oxygen atoms in total. The summed E-state index contributed by atoms with van der Waals surface area (Å²) in [5.41, 5.74) is 2.41. The fourth-order valence-corrected chi connectivity index (χ4v) is 1.52. The molecule has 1 atom stereocenters. The van der Waals surface area contributed by atoms with Gasteiger partial charge in [-0.05, 0) is 25.5 Å². The van der Waals surface area contributed by atoms with Crippen molar-refractivity contribution < 1.29 is 19.8 Å². The van der Waals surface area contributed by atoms with Gasteiger partial charge in [-0.15, -0.1) is 0 Å². The van der Waals surface area contributed by atoms with E-state index < -0.39 is 12.1 Å². The number of carboxylic acid groups (broad SMARTS) is 1. The smallest absolute Gasteiger partial charge is 0.332 e. The van der Waals surface area contributed by atoms with Gasteiger partial charge < -0.3 is 15.5 Å². The number of amides is 1. The Morgan fingerprint density at radius 3 is 2.61 bits per heavy atom. The number of hydrogen-bond acceptors (Lipinski definition) is 3. The Morgan fingerprint density at radius 2 is 2.00 bits per heavy atom. The first-order valence-corrected chi connectivity index (χ1v) is 5.68. The molecular formula is C13H17NO4. The van der Waals surface area contributed by atoms with Gasteiger partial charge in [0.1, 0.15) is 0 Å². The van der Waals surface area contributed by atoms with Crippen molar-refractivity contribution in [1.29, 1.82) is 0 Å². The summed E-state index contributed by atoms with van der Waals surface area (Å²) in [4.78, 5) is 22.2. The van der Waals surface area contributed by atoms with Crippen molar-refractivity contribution in [2.24, 2.45) is 0 Å². The summed E-state index contributed by atoms with van der Waals surface area (Å²) < 4.78 is 0. The van der Waals surface area contributed by atoms with Crippen LogP contribution in [0.2, 0.25) is 0 Å². The second kappa shape index (κ2) is 6.16. The van der Waals surface area contributed by atoms with Crippen LogP contribution in [-0.4, -0.2) is 34.7 Å². The van der Waals surface area contributed by atoms with E-state index in [1.807, 2.05) is 26.0 Å². The Morgan fingerprint density at radius 1 is 1.33 bits per heavy atom. The zero-order chi connectivity index (χ0) is 13.7. The first kappa shape index (κ1) is 14.2. The van der Waals surface area contributed by atoms with E-state index in [0.29, 0.717) is 5.56 Å². The minimum Gasteiger partial charge on any atom is -0.479 e. The second-order valence-electron chi connectivity index (χ2n) is 4.22. The molecule has 0 spiro atoms. The van der Waals surface area contributed by atoms with Crippen LogP contribution in [0.4, 0.5) is 0 Å². The van der Waals surface area contributed by atoms with E-state index in [2.05, 4.69) is 5.32 Å². The number of carbonyl (C=O) groups excluding carboxylic acids is 1. The van der Waals surface area contributed by atoms with E-state index in [1.54, 1.807) is 6.07 Å². The third-order valence-electron chi connectivity index (χ3n) is 2.63. The lowest BCUT2D eigenvalue weighted by molar-refractivity contribution is -0.146. The van der Waals surface area contributed by atoms with E-state index in [0.717, 1.165) is 11.1 Å². The van der Waals surface area contributed by atoms with Crippen LogP contribution in [0.5, 0.6) is 0 Å². The summed E-state index contributed by atoms with van der Waals surface area (Å²) in [6.07, 6.45) is -1.45. The van der Waals surface area contributed by atoms with Crippen LogP contribution in [0.25, 0.3) is 0 Å². The molecule has 1 rings (SSSR count). The molecule has 18 heavy (non-hydrogen) atoms. The molecule has 0 bridgehead atoms. The number of aliphatic hydroxyl groups is 1. The highest BCUT2D eigenvalue weighted by Gasteiger charge is 2.14. The lowest BCUT2D eigenvalue weighted by Crippen LogP contribution is -2.30. The summed E-state index contributed by atoms with van der Waals surface area (Å²) in [6, 6.07) is 5.55. The summed E-state index contributed by atoms with van der Waals surface area (Å²) in [7, 11) is 0. The molecule has 0 saturated heterocycles. The molecule has 1 aromatic carbocycles. The van der Waals surface area contributed by atoms with Gasteiger partial charge in [-0.3, -0.25) is 4.79 Å². The zero-order valence-electron chi connectivity index (χ0n) is 10.4. The first-order chi connectivity index (χ1) is 8.41. The molecule has 1 amide bonds. The molecular weight excluding hydrogens is 234 g/mol. The lowest BCUT2D eigenvalue weighted by atomic mass is 10.1. The molecule has 5 heteroatoms. The minimum atomic E-state index is -1.44. The highest BCUT2D eigenvalue weighted by Crippen LogP contribution is 2.10. The molecule has 0 fully saturated rings. The van der Waals surface area contributed by atoms with Gasteiger partial charge in [0, 0.05) is 18.5 Å². The Hall–Kier alpha value is -1.88. The van der Waals surface area contributed by atoms with Crippen molar-refractivity contribution in [3.63, 3.8) is 0 Å². The van der Waals surface area contributed by atoms with Gasteiger partial charge >= 0.3 is 5.97 Å². The number of rotatable bonds is 5. The Balaban J connectivity index is 2.55. The van der Waals surface area contributed by atoms with Crippen LogP contribution in [0.3, 0.4) is 0 Å². The van der Waals surface area contributed by atoms with Crippen LogP contribution < -0.4 is 5.32 Å². The van der Waals surface area contributed by atoms with Crippen molar-refractivity contribution in [1.82, 2.24) is 5.32 Å². The number of benzene rings is 1. The zero-order valence-corrected chi connectivity index (χ0v) is 10.4. The average Bonchev–Trinajstić information content (AvgIpc) is 2.31. The SMILES string of the molecule is Cc1ccc(C)c(C(=O)NCC[C@H](O)C(=O)O)c1. The van der Waals surface area contributed by atoms with Crippen LogP contribution >= 0.6 is 0 Å². The molecule has 0 radical (unpaired) electrons. The molecule has 0 unspecified atom stereocenters. The Labute approximate surface area is 105 Å². The van der Waals surface area contributed by atoms with Gasteiger partial charge in [0.25, 0.3) is 5.91 Å². The molecule has 0 aliphatic carbocycles. The van der Waals surface area contributed by atoms with Gasteiger partial charge in [0.05, 0.1) is 0 Å². The Bertz CT molecular complexity index is 456. The molecule has 3 N–H and O–H groups in total. The topological polar surface area (TPSA) is 86.6 Å². The average molecular weight is 251 g/mol. The van der Waals surface area contributed by atoms with Gasteiger partial charge in [-0.2, -0.15) is 0 Å². The maximum absolute atomic E-state index is 11.8. The summed E-state index contributed by atoms with van der Waals surface area (Å²) in [5.74, 6) is -1.54. The highest BCUT2D eigenvalue weighted by molar-refractivity contribution is 5.95. The van der Waals surface area contributed by atoms with Crippen LogP contribution in [-0.2, 0) is 4.79 Å². The predicted octanol–water partition coefficient (Wildman–Crippen LogP) is 0.869. The third-order valence-corrected chi connectivity index (χ3v) is 2.63. The molecule has 0 heterocycles. The third kappa shape index (κ3) is 3.85. The molecule has 1 aromatic rings. The number of aryl methyl sites for hydroxylation is 2. The standard InChI is InChI=1S/C13H17NO4/c1-8-3-4-9(2)10(7-8)12(16)14-6-5-11(15)13(17)18/h3-4,7,11,15H,5-6H2,1-2H3,(H,14,16)(H,17,18)/t11-/m0/s1. The molecule has 0 saturated carbocycles. The summed E-state index contributed by atoms with van der Waals surface area (Å²) in [6.45, 7) is 3.85. The van der Waals surface area contributed by atoms with Crippen molar-refractivity contribution in [2.45, 2.75) is 26.4 Å².